The van der Waals surface area contributed by atoms with Crippen molar-refractivity contribution < 1.29 is 9.90 Å². The summed E-state index contributed by atoms with van der Waals surface area (Å²) in [5.74, 6) is -0.654. The highest BCUT2D eigenvalue weighted by Crippen LogP contribution is 2.24. The molecule has 0 saturated carbocycles. The van der Waals surface area contributed by atoms with Gasteiger partial charge in [0, 0.05) is 6.54 Å². The van der Waals surface area contributed by atoms with Gasteiger partial charge >= 0.3 is 5.97 Å². The molecule has 3 aromatic rings. The van der Waals surface area contributed by atoms with E-state index in [1.807, 2.05) is 41.8 Å². The van der Waals surface area contributed by atoms with E-state index in [1.165, 1.54) is 11.3 Å². The van der Waals surface area contributed by atoms with Crippen molar-refractivity contribution in [2.75, 3.05) is 0 Å². The lowest BCUT2D eigenvalue weighted by molar-refractivity contribution is -0.139. The Balaban J connectivity index is 1.91. The fraction of sp³-hybridized carbons (Fsp3) is 0.353. The summed E-state index contributed by atoms with van der Waals surface area (Å²) in [5, 5.41) is 18.1. The summed E-state index contributed by atoms with van der Waals surface area (Å²) in [5.41, 5.74) is 2.61. The van der Waals surface area contributed by atoms with Crippen molar-refractivity contribution in [2.45, 2.75) is 39.3 Å². The molecule has 0 radical (unpaired) electrons. The molecule has 0 aliphatic heterocycles. The molecule has 0 unspecified atom stereocenters. The van der Waals surface area contributed by atoms with E-state index in [1.54, 1.807) is 0 Å². The van der Waals surface area contributed by atoms with Gasteiger partial charge in [0.2, 0.25) is 4.96 Å². The Bertz CT molecular complexity index is 854. The summed E-state index contributed by atoms with van der Waals surface area (Å²) in [4.78, 5) is 17.2. The lowest BCUT2D eigenvalue weighted by Gasteiger charge is -2.15. The van der Waals surface area contributed by atoms with Crippen molar-refractivity contribution in [3.8, 4) is 0 Å². The van der Waals surface area contributed by atoms with Gasteiger partial charge in [-0.3, -0.25) is 10.1 Å². The van der Waals surface area contributed by atoms with Gasteiger partial charge in [-0.25, -0.2) is 9.50 Å². The number of nitrogens with zero attached hydrogens (tertiary/aromatic N) is 3. The Kier molecular flexibility index (Phi) is 4.64. The predicted molar refractivity (Wildman–Crippen MR) is 93.3 cm³/mol. The van der Waals surface area contributed by atoms with Gasteiger partial charge in [-0.15, -0.1) is 0 Å². The first kappa shape index (κ1) is 16.6. The molecule has 0 fully saturated rings. The summed E-state index contributed by atoms with van der Waals surface area (Å²) in [6, 6.07) is 8.41. The van der Waals surface area contributed by atoms with Crippen molar-refractivity contribution in [3.05, 3.63) is 52.3 Å². The predicted octanol–water partition coefficient (Wildman–Crippen LogP) is 3.14. The highest BCUT2D eigenvalue weighted by atomic mass is 32.1. The van der Waals surface area contributed by atoms with Crippen molar-refractivity contribution in [2.24, 2.45) is 0 Å². The monoisotopic (exact) mass is 344 g/mol. The van der Waals surface area contributed by atoms with E-state index >= 15 is 0 Å². The quantitative estimate of drug-likeness (QED) is 0.718. The van der Waals surface area contributed by atoms with Gasteiger partial charge < -0.3 is 5.11 Å². The summed E-state index contributed by atoms with van der Waals surface area (Å²) in [7, 11) is 0. The second-order valence-electron chi connectivity index (χ2n) is 5.98. The second kappa shape index (κ2) is 6.70. The smallest absolute Gasteiger partial charge is 0.325 e. The van der Waals surface area contributed by atoms with E-state index in [9.17, 15) is 9.90 Å². The maximum atomic E-state index is 11.6. The number of hydrogen-bond acceptors (Lipinski definition) is 5. The van der Waals surface area contributed by atoms with Gasteiger partial charge in [-0.05, 0) is 18.4 Å². The number of nitrogens with one attached hydrogen (secondary N) is 1. The van der Waals surface area contributed by atoms with Crippen molar-refractivity contribution in [1.29, 1.82) is 0 Å². The SMILES string of the molecule is Cc1nn2c(CN[C@@H](C(=O)O)c3ccccc3)c(C(C)C)nc2s1. The summed E-state index contributed by atoms with van der Waals surface area (Å²) < 4.78 is 1.83. The van der Waals surface area contributed by atoms with Crippen LogP contribution in [0, 0.1) is 6.92 Å². The van der Waals surface area contributed by atoms with Gasteiger partial charge in [0.05, 0.1) is 11.4 Å². The molecule has 126 valence electrons. The molecule has 0 saturated heterocycles. The molecule has 0 aliphatic carbocycles. The molecule has 2 aromatic heterocycles. The van der Waals surface area contributed by atoms with Crippen molar-refractivity contribution in [1.82, 2.24) is 19.9 Å². The first-order chi connectivity index (χ1) is 11.5. The zero-order chi connectivity index (χ0) is 17.3. The average Bonchev–Trinajstić information content (AvgIpc) is 3.05. The molecule has 0 bridgehead atoms. The summed E-state index contributed by atoms with van der Waals surface area (Å²) >= 11 is 1.54. The molecule has 1 aromatic carbocycles. The highest BCUT2D eigenvalue weighted by Gasteiger charge is 2.22. The number of aryl methyl sites for hydroxylation is 1. The normalized spacial score (nSPS) is 12.8. The minimum Gasteiger partial charge on any atom is -0.480 e. The van der Waals surface area contributed by atoms with Crippen LogP contribution in [0.2, 0.25) is 0 Å². The van der Waals surface area contributed by atoms with E-state index in [-0.39, 0.29) is 5.92 Å². The molecular formula is C17H20N4O2S. The Morgan fingerprint density at radius 3 is 2.67 bits per heavy atom. The fourth-order valence-electron chi connectivity index (χ4n) is 2.72. The van der Waals surface area contributed by atoms with Crippen LogP contribution in [0.1, 0.15) is 47.8 Å². The van der Waals surface area contributed by atoms with Crippen LogP contribution >= 0.6 is 11.3 Å². The average molecular weight is 344 g/mol. The zero-order valence-corrected chi connectivity index (χ0v) is 14.7. The second-order valence-corrected chi connectivity index (χ2v) is 7.14. The number of fused-ring (bicyclic) bond motifs is 1. The van der Waals surface area contributed by atoms with Gasteiger partial charge in [0.15, 0.2) is 0 Å². The largest absolute Gasteiger partial charge is 0.480 e. The van der Waals surface area contributed by atoms with Crippen LogP contribution in [0.3, 0.4) is 0 Å². The molecule has 1 atom stereocenters. The third kappa shape index (κ3) is 3.18. The molecular weight excluding hydrogens is 324 g/mol. The number of carboxylic acids is 1. The van der Waals surface area contributed by atoms with E-state index in [2.05, 4.69) is 29.2 Å². The van der Waals surface area contributed by atoms with Gasteiger partial charge in [0.25, 0.3) is 0 Å². The molecule has 7 heteroatoms. The van der Waals surface area contributed by atoms with Crippen LogP contribution in [0.25, 0.3) is 4.96 Å². The van der Waals surface area contributed by atoms with Crippen LogP contribution < -0.4 is 5.32 Å². The fourth-order valence-corrected chi connectivity index (χ4v) is 3.49. The van der Waals surface area contributed by atoms with Crippen LogP contribution in [0.15, 0.2) is 30.3 Å². The number of benzene rings is 1. The third-order valence-corrected chi connectivity index (χ3v) is 4.65. The summed E-state index contributed by atoms with van der Waals surface area (Å²) in [6.45, 7) is 6.49. The molecule has 3 rings (SSSR count). The topological polar surface area (TPSA) is 79.5 Å². The highest BCUT2D eigenvalue weighted by molar-refractivity contribution is 7.16. The first-order valence-corrected chi connectivity index (χ1v) is 8.65. The van der Waals surface area contributed by atoms with Crippen LogP contribution in [-0.4, -0.2) is 25.7 Å². The van der Waals surface area contributed by atoms with Gasteiger partial charge in [0.1, 0.15) is 11.0 Å². The van der Waals surface area contributed by atoms with Crippen LogP contribution in [0.5, 0.6) is 0 Å². The lowest BCUT2D eigenvalue weighted by atomic mass is 10.1. The minimum atomic E-state index is -0.900. The molecule has 2 N–H and O–H groups in total. The van der Waals surface area contributed by atoms with E-state index in [0.717, 1.165) is 26.9 Å². The third-order valence-electron chi connectivity index (χ3n) is 3.83. The summed E-state index contributed by atoms with van der Waals surface area (Å²) in [6.07, 6.45) is 0. The van der Waals surface area contributed by atoms with E-state index in [0.29, 0.717) is 6.54 Å². The number of carboxylic acid groups (broad SMARTS) is 1. The molecule has 0 amide bonds. The number of rotatable bonds is 6. The van der Waals surface area contributed by atoms with Crippen LogP contribution in [0.4, 0.5) is 0 Å². The molecule has 0 aliphatic rings. The van der Waals surface area contributed by atoms with Crippen molar-refractivity contribution in [3.63, 3.8) is 0 Å². The minimum absolute atomic E-state index is 0.246. The molecule has 24 heavy (non-hydrogen) atoms. The van der Waals surface area contributed by atoms with Gasteiger partial charge in [-0.2, -0.15) is 5.10 Å². The van der Waals surface area contributed by atoms with E-state index in [4.69, 9.17) is 0 Å². The Hall–Kier alpha value is -2.25. The Labute approximate surface area is 144 Å². The number of carbonyl (C=O) groups is 1. The first-order valence-electron chi connectivity index (χ1n) is 7.83. The standard InChI is InChI=1S/C17H20N4O2S/c1-10(2)14-13(21-17(19-14)24-11(3)20-21)9-18-15(16(22)23)12-7-5-4-6-8-12/h4-8,10,15,18H,9H2,1-3H3,(H,22,23)/t15-/m1/s1. The number of imidazole rings is 1. The number of hydrogen-bond donors (Lipinski definition) is 2. The zero-order valence-electron chi connectivity index (χ0n) is 13.9. The number of aliphatic carboxylic acids is 1. The van der Waals surface area contributed by atoms with E-state index < -0.39 is 12.0 Å². The Morgan fingerprint density at radius 2 is 2.04 bits per heavy atom. The molecule has 6 nitrogen and oxygen atoms in total. The number of aromatic nitrogens is 3. The Morgan fingerprint density at radius 1 is 1.33 bits per heavy atom. The maximum Gasteiger partial charge on any atom is 0.325 e. The lowest BCUT2D eigenvalue weighted by Crippen LogP contribution is -2.29. The maximum absolute atomic E-state index is 11.6. The molecule has 2 heterocycles. The van der Waals surface area contributed by atoms with Crippen LogP contribution in [-0.2, 0) is 11.3 Å². The van der Waals surface area contributed by atoms with Crippen molar-refractivity contribution >= 4 is 22.3 Å². The van der Waals surface area contributed by atoms with Gasteiger partial charge in [-0.1, -0.05) is 55.5 Å². The molecule has 0 spiro atoms.